The Morgan fingerprint density at radius 3 is 2.38 bits per heavy atom. The van der Waals surface area contributed by atoms with Crippen LogP contribution < -0.4 is 20.4 Å². The summed E-state index contributed by atoms with van der Waals surface area (Å²) < 4.78 is 27.9. The fourth-order valence-corrected chi connectivity index (χ4v) is 4.52. The average Bonchev–Trinajstić information content (AvgIpc) is 3.71. The Kier molecular flexibility index (Phi) is 8.67. The molecule has 1 aliphatic carbocycles. The number of hydrogen-bond acceptors (Lipinski definition) is 7. The van der Waals surface area contributed by atoms with E-state index in [2.05, 4.69) is 26.5 Å². The Labute approximate surface area is 233 Å². The number of hydrogen-bond donors (Lipinski definition) is 3. The van der Waals surface area contributed by atoms with Crippen molar-refractivity contribution in [1.82, 2.24) is 20.6 Å². The molecule has 1 fully saturated rings. The molecule has 210 valence electrons. The number of aromatic nitrogens is 2. The standard InChI is InChI=1S/C30H34F2N6O2/c1-6-19-8-7-9-21(12-19)30(10-11-30)33-18-26(39)24(15-20-13-22(31)16-23(32)14-20)34-28(40)25-17-27(37(2)3)36-29(35-25)38(4)5/h1,7-9,12-14,16-17,24,26,33,39H,10-11,15,18H2,2-5H3,(H,34,40)/t24-,26+/m0/s1. The number of aliphatic hydroxyl groups excluding tert-OH is 1. The zero-order valence-electron chi connectivity index (χ0n) is 23.1. The fourth-order valence-electron chi connectivity index (χ4n) is 4.52. The van der Waals surface area contributed by atoms with Crippen molar-refractivity contribution >= 4 is 17.7 Å². The minimum Gasteiger partial charge on any atom is -0.390 e. The lowest BCUT2D eigenvalue weighted by Crippen LogP contribution is -2.50. The van der Waals surface area contributed by atoms with Gasteiger partial charge in [-0.1, -0.05) is 18.1 Å². The van der Waals surface area contributed by atoms with Crippen molar-refractivity contribution in [2.75, 3.05) is 44.5 Å². The fraction of sp³-hybridized carbons (Fsp3) is 0.367. The van der Waals surface area contributed by atoms with Crippen LogP contribution in [0.3, 0.4) is 0 Å². The zero-order valence-corrected chi connectivity index (χ0v) is 23.1. The minimum absolute atomic E-state index is 0.00496. The molecule has 0 unspecified atom stereocenters. The molecule has 0 radical (unpaired) electrons. The molecule has 0 aliphatic heterocycles. The molecule has 1 heterocycles. The molecule has 2 atom stereocenters. The van der Waals surface area contributed by atoms with Crippen molar-refractivity contribution in [3.63, 3.8) is 0 Å². The molecular weight excluding hydrogens is 514 g/mol. The lowest BCUT2D eigenvalue weighted by molar-refractivity contribution is 0.0817. The number of benzene rings is 2. The van der Waals surface area contributed by atoms with E-state index in [-0.39, 0.29) is 24.2 Å². The van der Waals surface area contributed by atoms with Gasteiger partial charge in [0.15, 0.2) is 0 Å². The number of anilines is 2. The summed E-state index contributed by atoms with van der Waals surface area (Å²) in [5, 5.41) is 17.6. The number of halogens is 2. The predicted octanol–water partition coefficient (Wildman–Crippen LogP) is 2.85. The SMILES string of the molecule is C#Cc1cccc(C2(NC[C@@H](O)[C@H](Cc3cc(F)cc(F)c3)NC(=O)c3cc(N(C)C)nc(N(C)C)n3)CC2)c1. The number of aliphatic hydroxyl groups is 1. The maximum absolute atomic E-state index is 14.0. The van der Waals surface area contributed by atoms with Crippen LogP contribution in [-0.2, 0) is 12.0 Å². The van der Waals surface area contributed by atoms with E-state index in [0.29, 0.717) is 17.3 Å². The van der Waals surface area contributed by atoms with E-state index in [1.54, 1.807) is 44.1 Å². The van der Waals surface area contributed by atoms with E-state index < -0.39 is 29.7 Å². The highest BCUT2D eigenvalue weighted by Crippen LogP contribution is 2.45. The van der Waals surface area contributed by atoms with Gasteiger partial charge in [0.2, 0.25) is 5.95 Å². The van der Waals surface area contributed by atoms with Crippen molar-refractivity contribution in [2.45, 2.75) is 36.9 Å². The van der Waals surface area contributed by atoms with E-state index in [9.17, 15) is 18.7 Å². The van der Waals surface area contributed by atoms with Crippen molar-refractivity contribution in [3.8, 4) is 12.3 Å². The molecule has 0 bridgehead atoms. The first kappa shape index (κ1) is 28.9. The normalized spacial score (nSPS) is 15.1. The first-order valence-corrected chi connectivity index (χ1v) is 13.0. The molecule has 0 spiro atoms. The Hall–Kier alpha value is -4.07. The molecule has 40 heavy (non-hydrogen) atoms. The van der Waals surface area contributed by atoms with Gasteiger partial charge in [0.25, 0.3) is 5.91 Å². The number of nitrogens with zero attached hydrogens (tertiary/aromatic N) is 4. The quantitative estimate of drug-likeness (QED) is 0.318. The number of rotatable bonds is 11. The topological polar surface area (TPSA) is 93.6 Å². The molecule has 1 aromatic heterocycles. The van der Waals surface area contributed by atoms with Gasteiger partial charge in [-0.2, -0.15) is 4.98 Å². The average molecular weight is 549 g/mol. The minimum atomic E-state index is -1.09. The lowest BCUT2D eigenvalue weighted by Gasteiger charge is -2.27. The summed E-state index contributed by atoms with van der Waals surface area (Å²) in [5.41, 5.74) is 1.86. The Bertz CT molecular complexity index is 1370. The summed E-state index contributed by atoms with van der Waals surface area (Å²) in [7, 11) is 7.13. The van der Waals surface area contributed by atoms with Gasteiger partial charge >= 0.3 is 0 Å². The van der Waals surface area contributed by atoms with Gasteiger partial charge < -0.3 is 25.5 Å². The van der Waals surface area contributed by atoms with E-state index in [0.717, 1.165) is 30.0 Å². The van der Waals surface area contributed by atoms with Crippen LogP contribution in [-0.4, -0.2) is 67.9 Å². The van der Waals surface area contributed by atoms with Crippen LogP contribution in [0.25, 0.3) is 0 Å². The van der Waals surface area contributed by atoms with Crippen LogP contribution in [0.4, 0.5) is 20.5 Å². The molecule has 2 aromatic carbocycles. The maximum Gasteiger partial charge on any atom is 0.270 e. The van der Waals surface area contributed by atoms with Crippen LogP contribution >= 0.6 is 0 Å². The Morgan fingerprint density at radius 2 is 1.77 bits per heavy atom. The predicted molar refractivity (Wildman–Crippen MR) is 151 cm³/mol. The van der Waals surface area contributed by atoms with Crippen LogP contribution in [0.2, 0.25) is 0 Å². The Balaban J connectivity index is 1.57. The number of carbonyl (C=O) groups excluding carboxylic acids is 1. The Morgan fingerprint density at radius 1 is 1.07 bits per heavy atom. The molecule has 0 saturated heterocycles. The first-order chi connectivity index (χ1) is 19.0. The van der Waals surface area contributed by atoms with Gasteiger partial charge in [-0.15, -0.1) is 6.42 Å². The molecule has 1 aliphatic rings. The molecular formula is C30H34F2N6O2. The number of amides is 1. The molecule has 3 aromatic rings. The monoisotopic (exact) mass is 548 g/mol. The van der Waals surface area contributed by atoms with Gasteiger partial charge in [-0.25, -0.2) is 13.8 Å². The number of nitrogens with one attached hydrogen (secondary N) is 2. The summed E-state index contributed by atoms with van der Waals surface area (Å²) in [4.78, 5) is 25.6. The summed E-state index contributed by atoms with van der Waals surface area (Å²) in [6.45, 7) is 0.124. The lowest BCUT2D eigenvalue weighted by atomic mass is 9.98. The maximum atomic E-state index is 14.0. The summed E-state index contributed by atoms with van der Waals surface area (Å²) in [5.74, 6) is 1.49. The second-order valence-electron chi connectivity index (χ2n) is 10.5. The molecule has 1 amide bonds. The van der Waals surface area contributed by atoms with Crippen molar-refractivity contribution in [3.05, 3.63) is 82.5 Å². The van der Waals surface area contributed by atoms with Crippen LogP contribution in [0, 0.1) is 24.0 Å². The van der Waals surface area contributed by atoms with Crippen molar-refractivity contribution < 1.29 is 18.7 Å². The molecule has 10 heteroatoms. The largest absolute Gasteiger partial charge is 0.390 e. The number of carbonyl (C=O) groups is 1. The third-order valence-corrected chi connectivity index (χ3v) is 6.93. The highest BCUT2D eigenvalue weighted by atomic mass is 19.1. The van der Waals surface area contributed by atoms with Gasteiger partial charge in [-0.05, 0) is 54.7 Å². The zero-order chi connectivity index (χ0) is 29.0. The van der Waals surface area contributed by atoms with Gasteiger partial charge in [0, 0.05) is 58.0 Å². The van der Waals surface area contributed by atoms with E-state index >= 15 is 0 Å². The van der Waals surface area contributed by atoms with Crippen LogP contribution in [0.5, 0.6) is 0 Å². The highest BCUT2D eigenvalue weighted by molar-refractivity contribution is 5.93. The smallest absolute Gasteiger partial charge is 0.270 e. The van der Waals surface area contributed by atoms with Gasteiger partial charge in [-0.3, -0.25) is 4.79 Å². The number of terminal acetylenes is 1. The molecule has 4 rings (SSSR count). The van der Waals surface area contributed by atoms with Crippen LogP contribution in [0.15, 0.2) is 48.5 Å². The third kappa shape index (κ3) is 6.92. The van der Waals surface area contributed by atoms with E-state index in [1.807, 2.05) is 24.3 Å². The highest BCUT2D eigenvalue weighted by Gasteiger charge is 2.44. The summed E-state index contributed by atoms with van der Waals surface area (Å²) in [6, 6.07) is 11.5. The van der Waals surface area contributed by atoms with Gasteiger partial charge in [0.1, 0.15) is 23.1 Å². The third-order valence-electron chi connectivity index (χ3n) is 6.93. The van der Waals surface area contributed by atoms with Crippen molar-refractivity contribution in [2.24, 2.45) is 0 Å². The van der Waals surface area contributed by atoms with Gasteiger partial charge in [0.05, 0.1) is 12.1 Å². The second kappa shape index (κ2) is 12.0. The van der Waals surface area contributed by atoms with E-state index in [4.69, 9.17) is 6.42 Å². The first-order valence-electron chi connectivity index (χ1n) is 13.0. The molecule has 3 N–H and O–H groups in total. The molecule has 1 saturated carbocycles. The van der Waals surface area contributed by atoms with Crippen LogP contribution in [0.1, 0.15) is 40.0 Å². The van der Waals surface area contributed by atoms with Crippen molar-refractivity contribution in [1.29, 1.82) is 0 Å². The summed E-state index contributed by atoms with van der Waals surface area (Å²) >= 11 is 0. The summed E-state index contributed by atoms with van der Waals surface area (Å²) in [6.07, 6.45) is 6.20. The van der Waals surface area contributed by atoms with E-state index in [1.165, 1.54) is 12.1 Å². The second-order valence-corrected chi connectivity index (χ2v) is 10.5. The molecule has 8 nitrogen and oxygen atoms in total.